The van der Waals surface area contributed by atoms with Crippen molar-refractivity contribution in [2.45, 2.75) is 6.54 Å². The Bertz CT molecular complexity index is 1300. The average molecular weight is 438 g/mol. The standard InChI is InChI=1S/C22H13Cl2N3O3/c1-2-10-26-12-13(14-6-3-4-8-17(14)26)11-15-20(28)25-22(30)27(21(15)29)18-9-5-7-16(23)19(18)24/h1,3-9,11-12H,10H2,(H,25,28,30)/b15-11-. The fourth-order valence-electron chi connectivity index (χ4n) is 3.32. The van der Waals surface area contributed by atoms with Crippen molar-refractivity contribution in [1.29, 1.82) is 0 Å². The first-order chi connectivity index (χ1) is 14.4. The van der Waals surface area contributed by atoms with Gasteiger partial charge in [0.1, 0.15) is 5.57 Å². The molecule has 148 valence electrons. The minimum absolute atomic E-state index is 0.0296. The van der Waals surface area contributed by atoms with Gasteiger partial charge < -0.3 is 4.57 Å². The molecule has 0 saturated carbocycles. The summed E-state index contributed by atoms with van der Waals surface area (Å²) < 4.78 is 1.84. The number of hydrogen-bond acceptors (Lipinski definition) is 3. The second-order valence-electron chi connectivity index (χ2n) is 6.46. The zero-order valence-electron chi connectivity index (χ0n) is 15.4. The largest absolute Gasteiger partial charge is 0.336 e. The van der Waals surface area contributed by atoms with Crippen LogP contribution in [0.5, 0.6) is 0 Å². The number of imide groups is 2. The van der Waals surface area contributed by atoms with Crippen LogP contribution in [0.25, 0.3) is 17.0 Å². The number of aromatic nitrogens is 1. The third-order valence-corrected chi connectivity index (χ3v) is 5.46. The van der Waals surface area contributed by atoms with Crippen molar-refractivity contribution in [2.75, 3.05) is 4.90 Å². The summed E-state index contributed by atoms with van der Waals surface area (Å²) in [5.41, 5.74) is 1.34. The Hall–Kier alpha value is -3.53. The highest BCUT2D eigenvalue weighted by Crippen LogP contribution is 2.34. The quantitative estimate of drug-likeness (QED) is 0.378. The summed E-state index contributed by atoms with van der Waals surface area (Å²) in [7, 11) is 0. The highest BCUT2D eigenvalue weighted by Gasteiger charge is 2.38. The number of barbiturate groups is 1. The van der Waals surface area contributed by atoms with Gasteiger partial charge in [0.25, 0.3) is 11.8 Å². The minimum Gasteiger partial charge on any atom is -0.335 e. The summed E-state index contributed by atoms with van der Waals surface area (Å²) in [5.74, 6) is 0.971. The molecule has 8 heteroatoms. The van der Waals surface area contributed by atoms with Crippen LogP contribution in [-0.4, -0.2) is 22.4 Å². The lowest BCUT2D eigenvalue weighted by Gasteiger charge is -2.27. The predicted octanol–water partition coefficient (Wildman–Crippen LogP) is 4.25. The maximum absolute atomic E-state index is 13.1. The number of carbonyl (C=O) groups is 3. The van der Waals surface area contributed by atoms with E-state index in [-0.39, 0.29) is 21.3 Å². The van der Waals surface area contributed by atoms with Gasteiger partial charge in [0.05, 0.1) is 22.3 Å². The number of hydrogen-bond donors (Lipinski definition) is 1. The number of halogens is 2. The highest BCUT2D eigenvalue weighted by molar-refractivity contribution is 6.46. The first-order valence-corrected chi connectivity index (χ1v) is 9.54. The van der Waals surface area contributed by atoms with Crippen LogP contribution in [0.4, 0.5) is 10.5 Å². The second-order valence-corrected chi connectivity index (χ2v) is 7.25. The van der Waals surface area contributed by atoms with E-state index in [9.17, 15) is 14.4 Å². The lowest BCUT2D eigenvalue weighted by atomic mass is 10.1. The van der Waals surface area contributed by atoms with Crippen LogP contribution in [0, 0.1) is 12.3 Å². The molecule has 0 spiro atoms. The van der Waals surface area contributed by atoms with Crippen molar-refractivity contribution >= 4 is 63.7 Å². The molecular formula is C22H13Cl2N3O3. The molecular weight excluding hydrogens is 425 g/mol. The second kappa shape index (κ2) is 7.71. The topological polar surface area (TPSA) is 71.4 Å². The van der Waals surface area contributed by atoms with E-state index in [2.05, 4.69) is 11.2 Å². The van der Waals surface area contributed by atoms with Gasteiger partial charge in [0.15, 0.2) is 0 Å². The van der Waals surface area contributed by atoms with Gasteiger partial charge in [-0.25, -0.2) is 9.69 Å². The number of rotatable bonds is 3. The van der Waals surface area contributed by atoms with Crippen LogP contribution >= 0.6 is 23.2 Å². The number of para-hydroxylation sites is 1. The lowest BCUT2D eigenvalue weighted by molar-refractivity contribution is -0.122. The number of fused-ring (bicyclic) bond motifs is 1. The lowest BCUT2D eigenvalue weighted by Crippen LogP contribution is -2.54. The summed E-state index contributed by atoms with van der Waals surface area (Å²) in [6.07, 6.45) is 8.63. The zero-order valence-corrected chi connectivity index (χ0v) is 16.9. The molecule has 1 aliphatic rings. The molecule has 0 aliphatic carbocycles. The van der Waals surface area contributed by atoms with Gasteiger partial charge in [-0.05, 0) is 24.3 Å². The Labute approximate surface area is 181 Å². The van der Waals surface area contributed by atoms with E-state index in [1.807, 2.05) is 28.8 Å². The smallest absolute Gasteiger partial charge is 0.335 e. The van der Waals surface area contributed by atoms with E-state index in [0.29, 0.717) is 12.1 Å². The molecule has 0 radical (unpaired) electrons. The Balaban J connectivity index is 1.84. The molecule has 1 saturated heterocycles. The summed E-state index contributed by atoms with van der Waals surface area (Å²) in [5, 5.41) is 3.19. The molecule has 0 unspecified atom stereocenters. The molecule has 3 aromatic rings. The van der Waals surface area contributed by atoms with Gasteiger partial charge in [-0.3, -0.25) is 14.9 Å². The van der Waals surface area contributed by atoms with Gasteiger partial charge in [-0.1, -0.05) is 53.4 Å². The molecule has 0 atom stereocenters. The molecule has 4 rings (SSSR count). The first kappa shape index (κ1) is 19.8. The van der Waals surface area contributed by atoms with Crippen LogP contribution in [0.2, 0.25) is 10.0 Å². The molecule has 0 bridgehead atoms. The van der Waals surface area contributed by atoms with Crippen LogP contribution < -0.4 is 10.2 Å². The molecule has 2 aromatic carbocycles. The minimum atomic E-state index is -0.902. The molecule has 1 aliphatic heterocycles. The van der Waals surface area contributed by atoms with E-state index >= 15 is 0 Å². The Morgan fingerprint density at radius 3 is 2.60 bits per heavy atom. The van der Waals surface area contributed by atoms with Crippen LogP contribution in [0.15, 0.2) is 54.2 Å². The van der Waals surface area contributed by atoms with Crippen LogP contribution in [0.3, 0.4) is 0 Å². The molecule has 30 heavy (non-hydrogen) atoms. The van der Waals surface area contributed by atoms with Crippen molar-refractivity contribution < 1.29 is 14.4 Å². The van der Waals surface area contributed by atoms with E-state index in [4.69, 9.17) is 29.6 Å². The molecule has 2 heterocycles. The van der Waals surface area contributed by atoms with Gasteiger partial charge in [0, 0.05) is 22.7 Å². The molecule has 1 aromatic heterocycles. The summed E-state index contributed by atoms with van der Waals surface area (Å²) >= 11 is 12.2. The average Bonchev–Trinajstić information content (AvgIpc) is 3.06. The van der Waals surface area contributed by atoms with Crippen LogP contribution in [-0.2, 0) is 16.1 Å². The van der Waals surface area contributed by atoms with Gasteiger partial charge in [0.2, 0.25) is 0 Å². The summed E-state index contributed by atoms with van der Waals surface area (Å²) in [4.78, 5) is 38.8. The van der Waals surface area contributed by atoms with Crippen molar-refractivity contribution in [3.05, 3.63) is 69.8 Å². The monoisotopic (exact) mass is 437 g/mol. The number of benzene rings is 2. The zero-order chi connectivity index (χ0) is 21.4. The van der Waals surface area contributed by atoms with Gasteiger partial charge in [-0.2, -0.15) is 0 Å². The fourth-order valence-corrected chi connectivity index (χ4v) is 3.70. The van der Waals surface area contributed by atoms with Crippen LogP contribution in [0.1, 0.15) is 5.56 Å². The third-order valence-electron chi connectivity index (χ3n) is 4.65. The van der Waals surface area contributed by atoms with E-state index in [1.54, 1.807) is 12.3 Å². The number of anilines is 1. The van der Waals surface area contributed by atoms with E-state index in [0.717, 1.165) is 15.8 Å². The number of carbonyl (C=O) groups excluding carboxylic acids is 3. The predicted molar refractivity (Wildman–Crippen MR) is 116 cm³/mol. The molecule has 4 amide bonds. The van der Waals surface area contributed by atoms with Crippen molar-refractivity contribution in [3.8, 4) is 12.3 Å². The number of terminal acetylenes is 1. The number of nitrogens with zero attached hydrogens (tertiary/aromatic N) is 2. The normalized spacial score (nSPS) is 15.6. The van der Waals surface area contributed by atoms with Gasteiger partial charge >= 0.3 is 6.03 Å². The number of urea groups is 1. The van der Waals surface area contributed by atoms with Gasteiger partial charge in [-0.15, -0.1) is 6.42 Å². The maximum Gasteiger partial charge on any atom is 0.336 e. The van der Waals surface area contributed by atoms with E-state index in [1.165, 1.54) is 18.2 Å². The summed E-state index contributed by atoms with van der Waals surface area (Å²) in [6.45, 7) is 0.326. The molecule has 1 N–H and O–H groups in total. The van der Waals surface area contributed by atoms with Crippen molar-refractivity contribution in [1.82, 2.24) is 9.88 Å². The maximum atomic E-state index is 13.1. The third kappa shape index (κ3) is 3.24. The number of amides is 4. The number of nitrogens with one attached hydrogen (secondary N) is 1. The molecule has 1 fully saturated rings. The first-order valence-electron chi connectivity index (χ1n) is 8.79. The summed E-state index contributed by atoms with van der Waals surface area (Å²) in [6, 6.07) is 11.1. The van der Waals surface area contributed by atoms with Crippen molar-refractivity contribution in [2.24, 2.45) is 0 Å². The van der Waals surface area contributed by atoms with Crippen molar-refractivity contribution in [3.63, 3.8) is 0 Å². The Morgan fingerprint density at radius 2 is 1.83 bits per heavy atom. The SMILES string of the molecule is C#CCn1cc(/C=C2/C(=O)NC(=O)N(c3cccc(Cl)c3Cl)C2=O)c2ccccc21. The molecule has 6 nitrogen and oxygen atoms in total. The Kier molecular flexibility index (Phi) is 5.08. The van der Waals surface area contributed by atoms with E-state index < -0.39 is 17.8 Å². The Morgan fingerprint density at radius 1 is 1.07 bits per heavy atom. The fraction of sp³-hybridized carbons (Fsp3) is 0.0455. The highest BCUT2D eigenvalue weighted by atomic mass is 35.5.